The van der Waals surface area contributed by atoms with Gasteiger partial charge in [-0.2, -0.15) is 0 Å². The van der Waals surface area contributed by atoms with E-state index in [0.29, 0.717) is 18.7 Å². The van der Waals surface area contributed by atoms with Crippen molar-refractivity contribution in [2.75, 3.05) is 23.7 Å². The number of hydrogen-bond donors (Lipinski definition) is 1. The highest BCUT2D eigenvalue weighted by Gasteiger charge is 2.31. The second-order valence-corrected chi connectivity index (χ2v) is 10.2. The largest absolute Gasteiger partial charge is 0.355 e. The van der Waals surface area contributed by atoms with Gasteiger partial charge in [-0.15, -0.1) is 0 Å². The predicted molar refractivity (Wildman–Crippen MR) is 133 cm³/mol. The number of hydrogen-bond acceptors (Lipinski definition) is 4. The molecule has 0 spiro atoms. The SMILES string of the molecule is CCNC(=O)[C@@H](CC)N(Cc1ccccc1C)C(=O)CN(c1ccc(C)c(C)c1)S(C)(=O)=O. The number of nitrogens with zero attached hydrogens (tertiary/aromatic N) is 2. The monoisotopic (exact) mass is 473 g/mol. The standard InChI is InChI=1S/C25H35N3O4S/c1-7-23(25(30)26-8-2)27(16-21-12-10-9-11-19(21)4)24(29)17-28(33(6,31)32)22-14-13-18(3)20(5)15-22/h9-15,23H,7-8,16-17H2,1-6H3,(H,26,30)/t23-/m1/s1. The molecule has 0 heterocycles. The number of sulfonamides is 1. The number of nitrogens with one attached hydrogen (secondary N) is 1. The maximum Gasteiger partial charge on any atom is 0.244 e. The van der Waals surface area contributed by atoms with Crippen LogP contribution in [0.5, 0.6) is 0 Å². The van der Waals surface area contributed by atoms with Crippen LogP contribution in [-0.2, 0) is 26.2 Å². The molecule has 0 fully saturated rings. The van der Waals surface area contributed by atoms with Gasteiger partial charge in [-0.3, -0.25) is 13.9 Å². The minimum Gasteiger partial charge on any atom is -0.355 e. The van der Waals surface area contributed by atoms with Gasteiger partial charge in [-0.1, -0.05) is 37.3 Å². The smallest absolute Gasteiger partial charge is 0.244 e. The second kappa shape index (κ2) is 11.3. The fourth-order valence-corrected chi connectivity index (χ4v) is 4.52. The predicted octanol–water partition coefficient (Wildman–Crippen LogP) is 3.32. The van der Waals surface area contributed by atoms with E-state index in [9.17, 15) is 18.0 Å². The van der Waals surface area contributed by atoms with Crippen molar-refractivity contribution in [2.45, 2.75) is 53.6 Å². The number of aryl methyl sites for hydroxylation is 3. The van der Waals surface area contributed by atoms with Crippen molar-refractivity contribution in [3.05, 3.63) is 64.7 Å². The van der Waals surface area contributed by atoms with Gasteiger partial charge >= 0.3 is 0 Å². The van der Waals surface area contributed by atoms with Gasteiger partial charge in [0.1, 0.15) is 12.6 Å². The molecule has 1 atom stereocenters. The van der Waals surface area contributed by atoms with Gasteiger partial charge in [0.2, 0.25) is 21.8 Å². The Kier molecular flexibility index (Phi) is 9.05. The molecule has 0 aliphatic heterocycles. The molecule has 1 N–H and O–H groups in total. The molecule has 0 bridgehead atoms. The van der Waals surface area contributed by atoms with Crippen molar-refractivity contribution in [3.8, 4) is 0 Å². The van der Waals surface area contributed by atoms with Crippen LogP contribution in [0, 0.1) is 20.8 Å². The van der Waals surface area contributed by atoms with Crippen LogP contribution in [-0.4, -0.2) is 50.5 Å². The van der Waals surface area contributed by atoms with Crippen LogP contribution in [0.4, 0.5) is 5.69 Å². The Labute approximate surface area is 197 Å². The molecule has 0 unspecified atom stereocenters. The summed E-state index contributed by atoms with van der Waals surface area (Å²) in [6.45, 7) is 9.72. The first-order valence-electron chi connectivity index (χ1n) is 11.2. The number of amides is 2. The molecule has 2 rings (SSSR count). The summed E-state index contributed by atoms with van der Waals surface area (Å²) in [7, 11) is -3.73. The van der Waals surface area contributed by atoms with Crippen LogP contribution < -0.4 is 9.62 Å². The van der Waals surface area contributed by atoms with E-state index in [1.807, 2.05) is 65.0 Å². The molecule has 0 aliphatic carbocycles. The Balaban J connectivity index is 2.47. The van der Waals surface area contributed by atoms with Gasteiger partial charge in [0.05, 0.1) is 11.9 Å². The van der Waals surface area contributed by atoms with Gasteiger partial charge in [-0.25, -0.2) is 8.42 Å². The lowest BCUT2D eigenvalue weighted by Crippen LogP contribution is -2.52. The normalized spacial score (nSPS) is 12.2. The fourth-order valence-electron chi connectivity index (χ4n) is 3.68. The Morgan fingerprint density at radius 1 is 0.970 bits per heavy atom. The fraction of sp³-hybridized carbons (Fsp3) is 0.440. The van der Waals surface area contributed by atoms with E-state index in [4.69, 9.17) is 0 Å². The molecule has 2 aromatic rings. The number of benzene rings is 2. The first kappa shape index (κ1) is 26.4. The highest BCUT2D eigenvalue weighted by molar-refractivity contribution is 7.92. The quantitative estimate of drug-likeness (QED) is 0.574. The molecular formula is C25H35N3O4S. The van der Waals surface area contributed by atoms with Crippen molar-refractivity contribution >= 4 is 27.5 Å². The zero-order valence-corrected chi connectivity index (χ0v) is 21.2. The van der Waals surface area contributed by atoms with Gasteiger partial charge in [0, 0.05) is 13.1 Å². The molecule has 2 amide bonds. The summed E-state index contributed by atoms with van der Waals surface area (Å²) in [5.41, 5.74) is 4.29. The third kappa shape index (κ3) is 6.81. The minimum atomic E-state index is -3.73. The Morgan fingerprint density at radius 2 is 1.64 bits per heavy atom. The minimum absolute atomic E-state index is 0.214. The maximum atomic E-state index is 13.6. The van der Waals surface area contributed by atoms with E-state index in [-0.39, 0.29) is 19.0 Å². The maximum absolute atomic E-state index is 13.6. The van der Waals surface area contributed by atoms with Gasteiger partial charge in [0.15, 0.2) is 0 Å². The van der Waals surface area contributed by atoms with Crippen LogP contribution in [0.25, 0.3) is 0 Å². The molecule has 33 heavy (non-hydrogen) atoms. The topological polar surface area (TPSA) is 86.8 Å². The number of likely N-dealkylation sites (N-methyl/N-ethyl adjacent to an activating group) is 1. The summed E-state index contributed by atoms with van der Waals surface area (Å²) in [6, 6.07) is 12.2. The summed E-state index contributed by atoms with van der Waals surface area (Å²) in [4.78, 5) is 27.9. The second-order valence-electron chi connectivity index (χ2n) is 8.30. The molecule has 0 aliphatic rings. The van der Waals surface area contributed by atoms with Crippen LogP contribution in [0.3, 0.4) is 0 Å². The van der Waals surface area contributed by atoms with E-state index in [2.05, 4.69) is 5.32 Å². The summed E-state index contributed by atoms with van der Waals surface area (Å²) in [6.07, 6.45) is 1.49. The summed E-state index contributed by atoms with van der Waals surface area (Å²) in [5.74, 6) is -0.681. The van der Waals surface area contributed by atoms with Crippen LogP contribution in [0.2, 0.25) is 0 Å². The molecule has 7 nitrogen and oxygen atoms in total. The van der Waals surface area contributed by atoms with Gasteiger partial charge in [-0.05, 0) is 68.5 Å². The third-order valence-electron chi connectivity index (χ3n) is 5.80. The molecule has 180 valence electrons. The highest BCUT2D eigenvalue weighted by atomic mass is 32.2. The Morgan fingerprint density at radius 3 is 2.18 bits per heavy atom. The number of rotatable bonds is 10. The Hall–Kier alpha value is -2.87. The van der Waals surface area contributed by atoms with Crippen LogP contribution in [0.1, 0.15) is 42.5 Å². The lowest BCUT2D eigenvalue weighted by molar-refractivity contribution is -0.140. The number of carbonyl (C=O) groups is 2. The van der Waals surface area contributed by atoms with E-state index < -0.39 is 22.0 Å². The molecule has 8 heteroatoms. The average Bonchev–Trinajstić information content (AvgIpc) is 2.74. The number of anilines is 1. The van der Waals surface area contributed by atoms with Crippen LogP contribution >= 0.6 is 0 Å². The zero-order valence-electron chi connectivity index (χ0n) is 20.4. The lowest BCUT2D eigenvalue weighted by atomic mass is 10.1. The molecule has 2 aromatic carbocycles. The molecule has 0 saturated heterocycles. The van der Waals surface area contributed by atoms with Crippen LogP contribution in [0.15, 0.2) is 42.5 Å². The van der Waals surface area contributed by atoms with Gasteiger partial charge in [0.25, 0.3) is 0 Å². The van der Waals surface area contributed by atoms with E-state index in [0.717, 1.165) is 32.8 Å². The third-order valence-corrected chi connectivity index (χ3v) is 6.94. The van der Waals surface area contributed by atoms with E-state index in [1.165, 1.54) is 4.90 Å². The highest BCUT2D eigenvalue weighted by Crippen LogP contribution is 2.23. The summed E-state index contributed by atoms with van der Waals surface area (Å²) >= 11 is 0. The first-order valence-corrected chi connectivity index (χ1v) is 13.0. The molecule has 0 saturated carbocycles. The molecular weight excluding hydrogens is 438 g/mol. The Bertz CT molecular complexity index is 1100. The van der Waals surface area contributed by atoms with Crippen molar-refractivity contribution in [3.63, 3.8) is 0 Å². The van der Waals surface area contributed by atoms with Crippen molar-refractivity contribution in [1.29, 1.82) is 0 Å². The van der Waals surface area contributed by atoms with E-state index >= 15 is 0 Å². The lowest BCUT2D eigenvalue weighted by Gasteiger charge is -2.33. The van der Waals surface area contributed by atoms with Crippen molar-refractivity contribution in [2.24, 2.45) is 0 Å². The molecule has 0 radical (unpaired) electrons. The first-order chi connectivity index (χ1) is 15.5. The molecule has 0 aromatic heterocycles. The van der Waals surface area contributed by atoms with Crippen molar-refractivity contribution in [1.82, 2.24) is 10.2 Å². The number of carbonyl (C=O) groups excluding carboxylic acids is 2. The zero-order chi connectivity index (χ0) is 24.8. The summed E-state index contributed by atoms with van der Waals surface area (Å²) in [5, 5.41) is 2.80. The summed E-state index contributed by atoms with van der Waals surface area (Å²) < 4.78 is 26.4. The van der Waals surface area contributed by atoms with Crippen molar-refractivity contribution < 1.29 is 18.0 Å². The van der Waals surface area contributed by atoms with E-state index in [1.54, 1.807) is 12.1 Å². The average molecular weight is 474 g/mol. The van der Waals surface area contributed by atoms with Gasteiger partial charge < -0.3 is 10.2 Å².